The summed E-state index contributed by atoms with van der Waals surface area (Å²) in [7, 11) is 0. The van der Waals surface area contributed by atoms with E-state index in [1.54, 1.807) is 0 Å². The van der Waals surface area contributed by atoms with Crippen LogP contribution < -0.4 is 11.2 Å². The maximum absolute atomic E-state index is 5.37. The summed E-state index contributed by atoms with van der Waals surface area (Å²) in [6.45, 7) is 0. The molecule has 0 unspecified atom stereocenters. The summed E-state index contributed by atoms with van der Waals surface area (Å²) in [5.41, 5.74) is 9.83. The van der Waals surface area contributed by atoms with Crippen molar-refractivity contribution < 1.29 is 0 Å². The maximum Gasteiger partial charge on any atom is 0.184 e. The van der Waals surface area contributed by atoms with Crippen molar-refractivity contribution in [3.05, 3.63) is 0 Å². The molecule has 1 spiro atoms. The van der Waals surface area contributed by atoms with E-state index in [1.165, 1.54) is 44.2 Å². The molecule has 3 N–H and O–H groups in total. The standard InChI is InChI=1S/C10H17N3S/c11-9(14)13-12-8-4-3-7-10(8)5-1-2-6-10/h1-7H2,(H3,11,13,14)/b12-8-. The third-order valence-corrected chi connectivity index (χ3v) is 3.63. The van der Waals surface area contributed by atoms with Crippen LogP contribution in [0.3, 0.4) is 0 Å². The summed E-state index contributed by atoms with van der Waals surface area (Å²) in [5, 5.41) is 4.63. The Balaban J connectivity index is 2.09. The molecular formula is C10H17N3S. The number of nitrogens with one attached hydrogen (secondary N) is 1. The highest BCUT2D eigenvalue weighted by molar-refractivity contribution is 7.80. The quantitative estimate of drug-likeness (QED) is 0.514. The smallest absolute Gasteiger partial charge is 0.184 e. The zero-order valence-electron chi connectivity index (χ0n) is 8.38. The molecule has 0 radical (unpaired) electrons. The third-order valence-electron chi connectivity index (χ3n) is 3.54. The SMILES string of the molecule is NC(=S)N/N=C1/CCCC12CCCC2. The molecule has 2 saturated carbocycles. The second-order valence-corrected chi connectivity index (χ2v) is 4.82. The van der Waals surface area contributed by atoms with Crippen molar-refractivity contribution in [1.82, 2.24) is 5.43 Å². The normalized spacial score (nSPS) is 27.3. The van der Waals surface area contributed by atoms with Crippen LogP contribution >= 0.6 is 12.2 Å². The van der Waals surface area contributed by atoms with Gasteiger partial charge in [-0.15, -0.1) is 0 Å². The molecule has 0 bridgehead atoms. The number of hydrogen-bond donors (Lipinski definition) is 2. The molecule has 0 heterocycles. The average Bonchev–Trinajstić information content (AvgIpc) is 2.74. The van der Waals surface area contributed by atoms with Gasteiger partial charge in [0.15, 0.2) is 5.11 Å². The fraction of sp³-hybridized carbons (Fsp3) is 0.800. The maximum atomic E-state index is 5.37. The van der Waals surface area contributed by atoms with Gasteiger partial charge in [0.25, 0.3) is 0 Å². The molecule has 14 heavy (non-hydrogen) atoms. The molecule has 2 aliphatic carbocycles. The van der Waals surface area contributed by atoms with Crippen molar-refractivity contribution in [1.29, 1.82) is 0 Å². The van der Waals surface area contributed by atoms with Gasteiger partial charge in [0.1, 0.15) is 0 Å². The lowest BCUT2D eigenvalue weighted by Crippen LogP contribution is -2.29. The molecule has 0 aromatic heterocycles. The van der Waals surface area contributed by atoms with E-state index in [0.29, 0.717) is 5.41 Å². The van der Waals surface area contributed by atoms with Gasteiger partial charge in [-0.25, -0.2) is 0 Å². The minimum atomic E-state index is 0.276. The first-order valence-corrected chi connectivity index (χ1v) is 5.76. The average molecular weight is 211 g/mol. The van der Waals surface area contributed by atoms with Gasteiger partial charge in [-0.3, -0.25) is 5.43 Å². The Kier molecular flexibility index (Phi) is 2.72. The van der Waals surface area contributed by atoms with Gasteiger partial charge in [0.05, 0.1) is 0 Å². The number of rotatable bonds is 1. The molecule has 2 fully saturated rings. The van der Waals surface area contributed by atoms with Crippen LogP contribution in [0.4, 0.5) is 0 Å². The first-order valence-electron chi connectivity index (χ1n) is 5.35. The van der Waals surface area contributed by atoms with Crippen molar-refractivity contribution in [2.24, 2.45) is 16.3 Å². The largest absolute Gasteiger partial charge is 0.375 e. The molecule has 0 aromatic carbocycles. The summed E-state index contributed by atoms with van der Waals surface area (Å²) >= 11 is 4.75. The minimum Gasteiger partial charge on any atom is -0.375 e. The lowest BCUT2D eigenvalue weighted by Gasteiger charge is -2.23. The second kappa shape index (κ2) is 3.85. The third kappa shape index (κ3) is 1.75. The molecule has 4 heteroatoms. The lowest BCUT2D eigenvalue weighted by atomic mass is 9.83. The lowest BCUT2D eigenvalue weighted by molar-refractivity contribution is 0.426. The Morgan fingerprint density at radius 1 is 1.29 bits per heavy atom. The number of nitrogens with two attached hydrogens (primary N) is 1. The highest BCUT2D eigenvalue weighted by Crippen LogP contribution is 2.48. The van der Waals surface area contributed by atoms with Crippen LogP contribution in [-0.2, 0) is 0 Å². The van der Waals surface area contributed by atoms with E-state index in [0.717, 1.165) is 6.42 Å². The molecule has 0 aliphatic heterocycles. The predicted octanol–water partition coefficient (Wildman–Crippen LogP) is 1.92. The van der Waals surface area contributed by atoms with E-state index >= 15 is 0 Å². The molecule has 2 aliphatic rings. The van der Waals surface area contributed by atoms with Crippen LogP contribution in [0.25, 0.3) is 0 Å². The summed E-state index contributed by atoms with van der Waals surface area (Å²) in [6.07, 6.45) is 9.03. The second-order valence-electron chi connectivity index (χ2n) is 4.38. The molecule has 0 aromatic rings. The van der Waals surface area contributed by atoms with Crippen LogP contribution in [0.5, 0.6) is 0 Å². The predicted molar refractivity (Wildman–Crippen MR) is 62.1 cm³/mol. The molecule has 3 nitrogen and oxygen atoms in total. The van der Waals surface area contributed by atoms with E-state index in [9.17, 15) is 0 Å². The highest BCUT2D eigenvalue weighted by Gasteiger charge is 2.41. The van der Waals surface area contributed by atoms with E-state index in [2.05, 4.69) is 10.5 Å². The van der Waals surface area contributed by atoms with Crippen molar-refractivity contribution in [2.45, 2.75) is 44.9 Å². The summed E-state index contributed by atoms with van der Waals surface area (Å²) in [5.74, 6) is 0. The molecule has 0 amide bonds. The summed E-state index contributed by atoms with van der Waals surface area (Å²) in [6, 6.07) is 0. The van der Waals surface area contributed by atoms with Crippen molar-refractivity contribution >= 4 is 23.0 Å². The number of nitrogens with zero attached hydrogens (tertiary/aromatic N) is 1. The molecule has 0 saturated heterocycles. The summed E-state index contributed by atoms with van der Waals surface area (Å²) < 4.78 is 0. The minimum absolute atomic E-state index is 0.276. The Labute approximate surface area is 90.1 Å². The first kappa shape index (κ1) is 9.90. The Morgan fingerprint density at radius 2 is 1.93 bits per heavy atom. The topological polar surface area (TPSA) is 50.4 Å². The molecule has 2 rings (SSSR count). The Morgan fingerprint density at radius 3 is 2.57 bits per heavy atom. The van der Waals surface area contributed by atoms with Gasteiger partial charge in [0.2, 0.25) is 0 Å². The fourth-order valence-electron chi connectivity index (χ4n) is 2.89. The molecule has 0 atom stereocenters. The van der Waals surface area contributed by atoms with Gasteiger partial charge in [-0.05, 0) is 44.3 Å². The Hall–Kier alpha value is -0.640. The van der Waals surface area contributed by atoms with Gasteiger partial charge in [-0.2, -0.15) is 5.10 Å². The van der Waals surface area contributed by atoms with Crippen LogP contribution in [0.15, 0.2) is 5.10 Å². The van der Waals surface area contributed by atoms with E-state index < -0.39 is 0 Å². The monoisotopic (exact) mass is 211 g/mol. The number of thiocarbonyl (C=S) groups is 1. The van der Waals surface area contributed by atoms with Crippen molar-refractivity contribution in [2.75, 3.05) is 0 Å². The van der Waals surface area contributed by atoms with Crippen LogP contribution in [0.1, 0.15) is 44.9 Å². The van der Waals surface area contributed by atoms with Gasteiger partial charge in [-0.1, -0.05) is 12.8 Å². The zero-order valence-corrected chi connectivity index (χ0v) is 9.20. The molecule has 78 valence electrons. The van der Waals surface area contributed by atoms with E-state index in [1.807, 2.05) is 0 Å². The van der Waals surface area contributed by atoms with E-state index in [4.69, 9.17) is 18.0 Å². The van der Waals surface area contributed by atoms with E-state index in [-0.39, 0.29) is 5.11 Å². The van der Waals surface area contributed by atoms with Gasteiger partial charge in [0, 0.05) is 11.1 Å². The van der Waals surface area contributed by atoms with Gasteiger partial charge >= 0.3 is 0 Å². The van der Waals surface area contributed by atoms with Crippen LogP contribution in [-0.4, -0.2) is 10.8 Å². The van der Waals surface area contributed by atoms with Gasteiger partial charge < -0.3 is 5.73 Å². The van der Waals surface area contributed by atoms with Crippen molar-refractivity contribution in [3.8, 4) is 0 Å². The number of hydrazone groups is 1. The first-order chi connectivity index (χ1) is 6.73. The van der Waals surface area contributed by atoms with Crippen LogP contribution in [0.2, 0.25) is 0 Å². The zero-order chi connectivity index (χ0) is 10.0. The summed E-state index contributed by atoms with van der Waals surface area (Å²) in [4.78, 5) is 0. The fourth-order valence-corrected chi connectivity index (χ4v) is 2.94. The highest BCUT2D eigenvalue weighted by atomic mass is 32.1. The molecular weight excluding hydrogens is 194 g/mol. The Bertz CT molecular complexity index is 261. The number of hydrogen-bond acceptors (Lipinski definition) is 2. The van der Waals surface area contributed by atoms with Crippen molar-refractivity contribution in [3.63, 3.8) is 0 Å². The van der Waals surface area contributed by atoms with Crippen LogP contribution in [0, 0.1) is 5.41 Å².